The maximum Gasteiger partial charge on any atom is 0.250 e. The molecule has 0 saturated carbocycles. The number of aromatic nitrogens is 1. The molecule has 4 nitrogen and oxygen atoms in total. The van der Waals surface area contributed by atoms with Crippen LogP contribution in [0.25, 0.3) is 10.2 Å². The number of carbonyl (C=O) groups is 1. The Bertz CT molecular complexity index is 703. The van der Waals surface area contributed by atoms with Gasteiger partial charge in [-0.2, -0.15) is 4.99 Å². The van der Waals surface area contributed by atoms with Crippen LogP contribution in [0, 0.1) is 5.92 Å². The van der Waals surface area contributed by atoms with Crippen molar-refractivity contribution in [2.24, 2.45) is 10.9 Å². The molecule has 0 saturated heterocycles. The van der Waals surface area contributed by atoms with Gasteiger partial charge in [0.1, 0.15) is 0 Å². The first-order chi connectivity index (χ1) is 10.0. The molecule has 1 aromatic heterocycles. The van der Waals surface area contributed by atoms with Crippen LogP contribution in [0.1, 0.15) is 20.8 Å². The van der Waals surface area contributed by atoms with Crippen molar-refractivity contribution in [1.82, 2.24) is 4.57 Å². The first-order valence-electron chi connectivity index (χ1n) is 6.98. The number of halogens is 1. The topological polar surface area (TPSA) is 43.6 Å². The van der Waals surface area contributed by atoms with Gasteiger partial charge in [-0.1, -0.05) is 36.8 Å². The summed E-state index contributed by atoms with van der Waals surface area (Å²) in [6.45, 7) is 7.59. The molecule has 0 radical (unpaired) electrons. The Morgan fingerprint density at radius 2 is 2.24 bits per heavy atom. The summed E-state index contributed by atoms with van der Waals surface area (Å²) in [7, 11) is 0. The van der Waals surface area contributed by atoms with Crippen molar-refractivity contribution < 1.29 is 9.53 Å². The summed E-state index contributed by atoms with van der Waals surface area (Å²) in [6.07, 6.45) is 0. The van der Waals surface area contributed by atoms with Crippen molar-refractivity contribution in [3.63, 3.8) is 0 Å². The average Bonchev–Trinajstić information content (AvgIpc) is 2.76. The minimum absolute atomic E-state index is 0.112. The molecule has 0 fully saturated rings. The SMILES string of the molecule is CCOCCn1c(=NC(=O)C(C)C)sc2cc(Cl)ccc21. The zero-order valence-electron chi connectivity index (χ0n) is 12.4. The number of hydrogen-bond donors (Lipinski definition) is 0. The zero-order valence-corrected chi connectivity index (χ0v) is 14.0. The van der Waals surface area contributed by atoms with Crippen LogP contribution in [0.15, 0.2) is 23.2 Å². The predicted octanol–water partition coefficient (Wildman–Crippen LogP) is 3.48. The monoisotopic (exact) mass is 326 g/mol. The molecule has 0 spiro atoms. The standard InChI is InChI=1S/C15H19ClN2O2S/c1-4-20-8-7-18-12-6-5-11(16)9-13(12)21-15(18)17-14(19)10(2)3/h5-6,9-10H,4,7-8H2,1-3H3. The fourth-order valence-electron chi connectivity index (χ4n) is 1.87. The van der Waals surface area contributed by atoms with E-state index in [4.69, 9.17) is 16.3 Å². The molecule has 1 heterocycles. The van der Waals surface area contributed by atoms with Gasteiger partial charge in [0.05, 0.1) is 16.8 Å². The highest BCUT2D eigenvalue weighted by Crippen LogP contribution is 2.22. The third-order valence-corrected chi connectivity index (χ3v) is 4.28. The minimum Gasteiger partial charge on any atom is -0.380 e. The van der Waals surface area contributed by atoms with Crippen LogP contribution in [0.2, 0.25) is 5.02 Å². The largest absolute Gasteiger partial charge is 0.380 e. The Hall–Kier alpha value is -1.17. The molecule has 1 aromatic carbocycles. The van der Waals surface area contributed by atoms with Gasteiger partial charge in [0, 0.05) is 24.1 Å². The second kappa shape index (κ2) is 7.20. The van der Waals surface area contributed by atoms with Gasteiger partial charge < -0.3 is 9.30 Å². The van der Waals surface area contributed by atoms with E-state index in [9.17, 15) is 4.79 Å². The highest BCUT2D eigenvalue weighted by molar-refractivity contribution is 7.16. The van der Waals surface area contributed by atoms with Crippen LogP contribution in [-0.4, -0.2) is 23.7 Å². The zero-order chi connectivity index (χ0) is 15.4. The molecule has 6 heteroatoms. The molecule has 0 N–H and O–H groups in total. The number of nitrogens with zero attached hydrogens (tertiary/aromatic N) is 2. The molecule has 0 aliphatic heterocycles. The number of thiazole rings is 1. The fourth-order valence-corrected chi connectivity index (χ4v) is 3.21. The maximum atomic E-state index is 11.9. The summed E-state index contributed by atoms with van der Waals surface area (Å²) in [6, 6.07) is 5.71. The predicted molar refractivity (Wildman–Crippen MR) is 86.7 cm³/mol. The number of fused-ring (bicyclic) bond motifs is 1. The van der Waals surface area contributed by atoms with Gasteiger partial charge in [-0.25, -0.2) is 0 Å². The van der Waals surface area contributed by atoms with E-state index in [1.165, 1.54) is 11.3 Å². The molecule has 114 valence electrons. The van der Waals surface area contributed by atoms with Gasteiger partial charge in [-0.05, 0) is 25.1 Å². The van der Waals surface area contributed by atoms with Crippen LogP contribution in [-0.2, 0) is 16.1 Å². The number of ether oxygens (including phenoxy) is 1. The smallest absolute Gasteiger partial charge is 0.250 e. The van der Waals surface area contributed by atoms with E-state index in [1.54, 1.807) is 0 Å². The molecular formula is C15H19ClN2O2S. The van der Waals surface area contributed by atoms with E-state index in [2.05, 4.69) is 4.99 Å². The van der Waals surface area contributed by atoms with Gasteiger partial charge >= 0.3 is 0 Å². The van der Waals surface area contributed by atoms with Crippen LogP contribution in [0.3, 0.4) is 0 Å². The minimum atomic E-state index is -0.113. The first-order valence-corrected chi connectivity index (χ1v) is 8.17. The van der Waals surface area contributed by atoms with E-state index >= 15 is 0 Å². The second-order valence-corrected chi connectivity index (χ2v) is 6.40. The van der Waals surface area contributed by atoms with Gasteiger partial charge in [0.25, 0.3) is 5.91 Å². The third kappa shape index (κ3) is 3.93. The van der Waals surface area contributed by atoms with E-state index < -0.39 is 0 Å². The lowest BCUT2D eigenvalue weighted by Crippen LogP contribution is -2.20. The number of amides is 1. The maximum absolute atomic E-state index is 11.9. The summed E-state index contributed by atoms with van der Waals surface area (Å²) in [4.78, 5) is 16.9. The molecule has 2 rings (SSSR count). The molecule has 2 aromatic rings. The van der Waals surface area contributed by atoms with Crippen LogP contribution < -0.4 is 4.80 Å². The van der Waals surface area contributed by atoms with Crippen molar-refractivity contribution in [3.05, 3.63) is 28.0 Å². The molecular weight excluding hydrogens is 308 g/mol. The number of carbonyl (C=O) groups excluding carboxylic acids is 1. The summed E-state index contributed by atoms with van der Waals surface area (Å²) in [5.41, 5.74) is 1.03. The summed E-state index contributed by atoms with van der Waals surface area (Å²) < 4.78 is 8.46. The lowest BCUT2D eigenvalue weighted by molar-refractivity contribution is -0.120. The quantitative estimate of drug-likeness (QED) is 0.790. The van der Waals surface area contributed by atoms with Crippen LogP contribution in [0.4, 0.5) is 0 Å². The van der Waals surface area contributed by atoms with Crippen molar-refractivity contribution >= 4 is 39.1 Å². The Kier molecular flexibility index (Phi) is 5.56. The Labute approximate surface area is 133 Å². The summed E-state index contributed by atoms with van der Waals surface area (Å²) in [5.74, 6) is -0.225. The average molecular weight is 327 g/mol. The molecule has 21 heavy (non-hydrogen) atoms. The highest BCUT2D eigenvalue weighted by atomic mass is 35.5. The Morgan fingerprint density at radius 1 is 1.48 bits per heavy atom. The first kappa shape index (κ1) is 16.2. The normalized spacial score (nSPS) is 12.5. The van der Waals surface area contributed by atoms with Gasteiger partial charge in [0.15, 0.2) is 4.80 Å². The summed E-state index contributed by atoms with van der Waals surface area (Å²) in [5, 5.41) is 0.683. The fraction of sp³-hybridized carbons (Fsp3) is 0.467. The number of rotatable bonds is 5. The molecule has 0 bridgehead atoms. The molecule has 0 unspecified atom stereocenters. The van der Waals surface area contributed by atoms with Crippen molar-refractivity contribution in [2.45, 2.75) is 27.3 Å². The Balaban J connectivity index is 2.51. The van der Waals surface area contributed by atoms with Gasteiger partial charge in [-0.3, -0.25) is 4.79 Å². The van der Waals surface area contributed by atoms with Crippen LogP contribution >= 0.6 is 22.9 Å². The molecule has 0 aliphatic carbocycles. The molecule has 0 aliphatic rings. The molecule has 0 atom stereocenters. The van der Waals surface area contributed by atoms with Crippen molar-refractivity contribution in [2.75, 3.05) is 13.2 Å². The van der Waals surface area contributed by atoms with Crippen molar-refractivity contribution in [3.8, 4) is 0 Å². The van der Waals surface area contributed by atoms with E-state index in [1.807, 2.05) is 43.5 Å². The number of benzene rings is 1. The van der Waals surface area contributed by atoms with Gasteiger partial charge in [0.2, 0.25) is 0 Å². The van der Waals surface area contributed by atoms with E-state index in [0.29, 0.717) is 29.6 Å². The van der Waals surface area contributed by atoms with E-state index in [-0.39, 0.29) is 11.8 Å². The lowest BCUT2D eigenvalue weighted by atomic mass is 10.2. The highest BCUT2D eigenvalue weighted by Gasteiger charge is 2.10. The lowest BCUT2D eigenvalue weighted by Gasteiger charge is -2.05. The van der Waals surface area contributed by atoms with Crippen LogP contribution in [0.5, 0.6) is 0 Å². The molecule has 1 amide bonds. The third-order valence-electron chi connectivity index (χ3n) is 3.01. The van der Waals surface area contributed by atoms with Crippen molar-refractivity contribution in [1.29, 1.82) is 0 Å². The number of hydrogen-bond acceptors (Lipinski definition) is 3. The summed E-state index contributed by atoms with van der Waals surface area (Å²) >= 11 is 7.52. The Morgan fingerprint density at radius 3 is 2.90 bits per heavy atom. The second-order valence-electron chi connectivity index (χ2n) is 4.95. The van der Waals surface area contributed by atoms with Gasteiger partial charge in [-0.15, -0.1) is 0 Å². The van der Waals surface area contributed by atoms with E-state index in [0.717, 1.165) is 10.2 Å².